The molecule has 4 aromatic rings. The van der Waals surface area contributed by atoms with Crippen LogP contribution in [0, 0.1) is 5.82 Å². The molecule has 160 valence electrons. The number of hydrogen-bond acceptors (Lipinski definition) is 2. The Balaban J connectivity index is 1.64. The summed E-state index contributed by atoms with van der Waals surface area (Å²) in [5.41, 5.74) is 5.15. The second-order valence-corrected chi connectivity index (χ2v) is 8.18. The number of benzene rings is 2. The monoisotopic (exact) mass is 442 g/mol. The molecule has 3 heterocycles. The lowest BCUT2D eigenvalue weighted by atomic mass is 10.0. The number of halogens is 1. The third kappa shape index (κ3) is 3.67. The van der Waals surface area contributed by atoms with Crippen molar-refractivity contribution >= 4 is 23.0 Å². The van der Waals surface area contributed by atoms with E-state index in [-0.39, 0.29) is 17.9 Å². The predicted molar refractivity (Wildman–Crippen MR) is 129 cm³/mol. The minimum Gasteiger partial charge on any atom is -0.351 e. The second-order valence-electron chi connectivity index (χ2n) is 7.80. The molecule has 4 nitrogen and oxygen atoms in total. The maximum atomic E-state index is 13.6. The summed E-state index contributed by atoms with van der Waals surface area (Å²) in [4.78, 5) is 6.77. The lowest BCUT2D eigenvalue weighted by molar-refractivity contribution is 0.549. The van der Waals surface area contributed by atoms with Gasteiger partial charge >= 0.3 is 0 Å². The van der Waals surface area contributed by atoms with Gasteiger partial charge in [-0.1, -0.05) is 25.1 Å². The molecule has 0 radical (unpaired) electrons. The minimum atomic E-state index is -0.254. The van der Waals surface area contributed by atoms with E-state index in [1.165, 1.54) is 17.7 Å². The topological polar surface area (TPSA) is 33.1 Å². The van der Waals surface area contributed by atoms with Crippen LogP contribution in [0.3, 0.4) is 0 Å². The Labute approximate surface area is 192 Å². The molecule has 2 aromatic carbocycles. The molecular formula is C26H23FN4S. The molecule has 1 aliphatic rings. The molecule has 0 amide bonds. The summed E-state index contributed by atoms with van der Waals surface area (Å²) < 4.78 is 15.6. The van der Waals surface area contributed by atoms with Gasteiger partial charge in [0.2, 0.25) is 0 Å². The second kappa shape index (κ2) is 8.55. The van der Waals surface area contributed by atoms with Gasteiger partial charge in [-0.3, -0.25) is 4.98 Å². The highest BCUT2D eigenvalue weighted by molar-refractivity contribution is 7.80. The first kappa shape index (κ1) is 20.4. The molecule has 0 bridgehead atoms. The van der Waals surface area contributed by atoms with E-state index in [2.05, 4.69) is 57.0 Å². The predicted octanol–water partition coefficient (Wildman–Crippen LogP) is 5.75. The SMILES string of the molecule is CCc1ccc(N2C(=S)NC(c3ccccn3)C2c2cccn2-c2ccc(F)cc2)cc1. The number of aromatic nitrogens is 2. The van der Waals surface area contributed by atoms with E-state index >= 15 is 0 Å². The lowest BCUT2D eigenvalue weighted by Gasteiger charge is -2.29. The van der Waals surface area contributed by atoms with Crippen LogP contribution in [0.4, 0.5) is 10.1 Å². The normalized spacial score (nSPS) is 18.1. The molecule has 0 aliphatic carbocycles. The first-order chi connectivity index (χ1) is 15.7. The van der Waals surface area contributed by atoms with Crippen molar-refractivity contribution in [1.29, 1.82) is 0 Å². The zero-order valence-electron chi connectivity index (χ0n) is 17.6. The molecule has 2 aromatic heterocycles. The van der Waals surface area contributed by atoms with Crippen LogP contribution in [0.5, 0.6) is 0 Å². The van der Waals surface area contributed by atoms with Gasteiger partial charge in [-0.25, -0.2) is 4.39 Å². The van der Waals surface area contributed by atoms with E-state index in [0.717, 1.165) is 29.2 Å². The summed E-state index contributed by atoms with van der Waals surface area (Å²) in [6.07, 6.45) is 4.78. The summed E-state index contributed by atoms with van der Waals surface area (Å²) in [6.45, 7) is 2.15. The van der Waals surface area contributed by atoms with Crippen LogP contribution in [0.15, 0.2) is 91.3 Å². The molecule has 1 saturated heterocycles. The van der Waals surface area contributed by atoms with Gasteiger partial charge in [0.25, 0.3) is 0 Å². The van der Waals surface area contributed by atoms with Gasteiger partial charge in [-0.2, -0.15) is 0 Å². The Morgan fingerprint density at radius 3 is 2.38 bits per heavy atom. The van der Waals surface area contributed by atoms with Gasteiger partial charge in [0.1, 0.15) is 11.9 Å². The van der Waals surface area contributed by atoms with Crippen LogP contribution in [0.1, 0.15) is 36.0 Å². The van der Waals surface area contributed by atoms with Gasteiger partial charge in [0, 0.05) is 29.5 Å². The van der Waals surface area contributed by atoms with E-state index in [4.69, 9.17) is 12.2 Å². The number of thiocarbonyl (C=S) groups is 1. The molecular weight excluding hydrogens is 419 g/mol. The third-order valence-electron chi connectivity index (χ3n) is 5.91. The highest BCUT2D eigenvalue weighted by Crippen LogP contribution is 2.42. The molecule has 2 unspecified atom stereocenters. The standard InChI is InChI=1S/C26H23FN4S/c1-2-18-8-12-21(13-9-18)31-25(24(29-26(31)32)22-6-3-4-16-28-22)23-7-5-17-30(23)20-14-10-19(27)11-15-20/h3-17,24-25H,2H2,1H3,(H,29,32). The van der Waals surface area contributed by atoms with Crippen molar-refractivity contribution in [2.75, 3.05) is 4.90 Å². The number of nitrogens with one attached hydrogen (secondary N) is 1. The zero-order chi connectivity index (χ0) is 22.1. The van der Waals surface area contributed by atoms with Crippen LogP contribution in [0.25, 0.3) is 5.69 Å². The number of nitrogens with zero attached hydrogens (tertiary/aromatic N) is 3. The molecule has 5 rings (SSSR count). The van der Waals surface area contributed by atoms with E-state index in [1.807, 2.05) is 30.5 Å². The molecule has 32 heavy (non-hydrogen) atoms. The van der Waals surface area contributed by atoms with Gasteiger partial charge in [-0.05, 0) is 84.9 Å². The van der Waals surface area contributed by atoms with Crippen LogP contribution in [-0.4, -0.2) is 14.7 Å². The molecule has 2 atom stereocenters. The van der Waals surface area contributed by atoms with Crippen LogP contribution < -0.4 is 10.2 Å². The average Bonchev–Trinajstić information content (AvgIpc) is 3.44. The number of aryl methyl sites for hydroxylation is 1. The first-order valence-electron chi connectivity index (χ1n) is 10.7. The van der Waals surface area contributed by atoms with E-state index in [0.29, 0.717) is 5.11 Å². The van der Waals surface area contributed by atoms with Gasteiger partial charge < -0.3 is 14.8 Å². The zero-order valence-corrected chi connectivity index (χ0v) is 18.5. The first-order valence-corrected chi connectivity index (χ1v) is 11.1. The number of anilines is 1. The summed E-state index contributed by atoms with van der Waals surface area (Å²) >= 11 is 5.82. The number of rotatable bonds is 5. The minimum absolute atomic E-state index is 0.134. The van der Waals surface area contributed by atoms with Crippen molar-refractivity contribution < 1.29 is 4.39 Å². The van der Waals surface area contributed by atoms with Crippen LogP contribution in [0.2, 0.25) is 0 Å². The fraction of sp³-hybridized carbons (Fsp3) is 0.154. The van der Waals surface area contributed by atoms with Crippen LogP contribution >= 0.6 is 12.2 Å². The largest absolute Gasteiger partial charge is 0.351 e. The molecule has 1 N–H and O–H groups in total. The quantitative estimate of drug-likeness (QED) is 0.399. The molecule has 0 spiro atoms. The molecule has 0 saturated carbocycles. The van der Waals surface area contributed by atoms with Crippen molar-refractivity contribution in [1.82, 2.24) is 14.9 Å². The van der Waals surface area contributed by atoms with Crippen molar-refractivity contribution in [2.45, 2.75) is 25.4 Å². The van der Waals surface area contributed by atoms with Crippen LogP contribution in [-0.2, 0) is 6.42 Å². The highest BCUT2D eigenvalue weighted by atomic mass is 32.1. The molecule has 1 aliphatic heterocycles. The maximum Gasteiger partial charge on any atom is 0.174 e. The number of hydrogen-bond donors (Lipinski definition) is 1. The van der Waals surface area contributed by atoms with E-state index < -0.39 is 0 Å². The maximum absolute atomic E-state index is 13.6. The van der Waals surface area contributed by atoms with Crippen molar-refractivity contribution in [2.24, 2.45) is 0 Å². The third-order valence-corrected chi connectivity index (χ3v) is 6.22. The Bertz CT molecular complexity index is 1220. The van der Waals surface area contributed by atoms with Gasteiger partial charge in [0.15, 0.2) is 5.11 Å². The van der Waals surface area contributed by atoms with Crippen molar-refractivity contribution in [3.63, 3.8) is 0 Å². The summed E-state index contributed by atoms with van der Waals surface area (Å²) in [6, 6.07) is 24.8. The van der Waals surface area contributed by atoms with Gasteiger partial charge in [0.05, 0.1) is 11.7 Å². The fourth-order valence-electron chi connectivity index (χ4n) is 4.30. The Kier molecular flexibility index (Phi) is 5.45. The Morgan fingerprint density at radius 1 is 0.938 bits per heavy atom. The summed E-state index contributed by atoms with van der Waals surface area (Å²) in [5.74, 6) is -0.254. The van der Waals surface area contributed by atoms with Crippen molar-refractivity contribution in [3.8, 4) is 5.69 Å². The number of pyridine rings is 1. The summed E-state index contributed by atoms with van der Waals surface area (Å²) in [5, 5.41) is 4.15. The van der Waals surface area contributed by atoms with Gasteiger partial charge in [-0.15, -0.1) is 0 Å². The Hall–Kier alpha value is -3.51. The lowest BCUT2D eigenvalue weighted by Crippen LogP contribution is -2.30. The van der Waals surface area contributed by atoms with E-state index in [1.54, 1.807) is 18.3 Å². The molecule has 1 fully saturated rings. The Morgan fingerprint density at radius 2 is 1.69 bits per heavy atom. The average molecular weight is 443 g/mol. The van der Waals surface area contributed by atoms with E-state index in [9.17, 15) is 4.39 Å². The van der Waals surface area contributed by atoms with Crippen molar-refractivity contribution in [3.05, 3.63) is 114 Å². The highest BCUT2D eigenvalue weighted by Gasteiger charge is 2.42. The smallest absolute Gasteiger partial charge is 0.174 e. The summed E-state index contributed by atoms with van der Waals surface area (Å²) in [7, 11) is 0. The fourth-order valence-corrected chi connectivity index (χ4v) is 4.64. The molecule has 6 heteroatoms.